The summed E-state index contributed by atoms with van der Waals surface area (Å²) in [6.07, 6.45) is 3.86. The van der Waals surface area contributed by atoms with E-state index in [0.29, 0.717) is 16.9 Å². The van der Waals surface area contributed by atoms with E-state index < -0.39 is 0 Å². The average molecular weight is 172 g/mol. The Kier molecular flexibility index (Phi) is 2.50. The van der Waals surface area contributed by atoms with E-state index in [1.54, 1.807) is 0 Å². The molecule has 0 aromatic carbocycles. The summed E-state index contributed by atoms with van der Waals surface area (Å²) in [6, 6.07) is 0.639. The van der Waals surface area contributed by atoms with Crippen molar-refractivity contribution in [1.82, 2.24) is 0 Å². The molecule has 0 aromatic rings. The highest BCUT2D eigenvalue weighted by Gasteiger charge is 2.41. The minimum absolute atomic E-state index is 0.453. The Morgan fingerprint density at radius 3 is 2.25 bits per heavy atom. The summed E-state index contributed by atoms with van der Waals surface area (Å²) in [5, 5.41) is 0. The van der Waals surface area contributed by atoms with Gasteiger partial charge < -0.3 is 11.5 Å². The highest BCUT2D eigenvalue weighted by molar-refractivity contribution is 4.90. The minimum Gasteiger partial charge on any atom is -0.357 e. The number of quaternary nitrogens is 2. The Labute approximate surface area is 75.7 Å². The monoisotopic (exact) mass is 172 g/mol. The van der Waals surface area contributed by atoms with Gasteiger partial charge in [0.25, 0.3) is 0 Å². The smallest absolute Gasteiger partial charge is 0.0856 e. The summed E-state index contributed by atoms with van der Waals surface area (Å²) in [5.74, 6) is 0. The first kappa shape index (κ1) is 10.0. The Morgan fingerprint density at radius 1 is 1.25 bits per heavy atom. The molecule has 0 saturated heterocycles. The van der Waals surface area contributed by atoms with Gasteiger partial charge in [0.1, 0.15) is 0 Å². The van der Waals surface area contributed by atoms with Gasteiger partial charge in [-0.05, 0) is 11.8 Å². The predicted molar refractivity (Wildman–Crippen MR) is 50.2 cm³/mol. The first-order valence-electron chi connectivity index (χ1n) is 4.99. The number of hydrogen-bond donors (Lipinski definition) is 2. The van der Waals surface area contributed by atoms with Gasteiger partial charge in [0.15, 0.2) is 0 Å². The summed E-state index contributed by atoms with van der Waals surface area (Å²) in [6.45, 7) is 8.14. The van der Waals surface area contributed by atoms with Crippen LogP contribution >= 0.6 is 0 Å². The van der Waals surface area contributed by atoms with E-state index >= 15 is 0 Å². The quantitative estimate of drug-likeness (QED) is 0.562. The first-order valence-corrected chi connectivity index (χ1v) is 4.99. The molecule has 1 aliphatic rings. The van der Waals surface area contributed by atoms with Crippen LogP contribution in [0, 0.1) is 10.8 Å². The molecule has 0 aromatic heterocycles. The molecular formula is C10H24N2+2. The van der Waals surface area contributed by atoms with Crippen molar-refractivity contribution in [2.45, 2.75) is 46.1 Å². The Hall–Kier alpha value is -0.0800. The molecule has 72 valence electrons. The lowest BCUT2D eigenvalue weighted by Crippen LogP contribution is -2.69. The van der Waals surface area contributed by atoms with Crippen LogP contribution in [0.1, 0.15) is 40.0 Å². The fraction of sp³-hybridized carbons (Fsp3) is 1.00. The van der Waals surface area contributed by atoms with Gasteiger partial charge in [-0.15, -0.1) is 0 Å². The fourth-order valence-electron chi connectivity index (χ4n) is 3.04. The predicted octanol–water partition coefficient (Wildman–Crippen LogP) is 0.0552. The van der Waals surface area contributed by atoms with Gasteiger partial charge in [-0.1, -0.05) is 20.8 Å². The molecule has 0 aliphatic heterocycles. The molecule has 2 nitrogen and oxygen atoms in total. The van der Waals surface area contributed by atoms with Crippen LogP contribution in [0.3, 0.4) is 0 Å². The molecule has 1 rings (SSSR count). The Morgan fingerprint density at radius 2 is 1.83 bits per heavy atom. The van der Waals surface area contributed by atoms with Gasteiger partial charge in [-0.2, -0.15) is 0 Å². The third-order valence-electron chi connectivity index (χ3n) is 3.13. The van der Waals surface area contributed by atoms with Crippen LogP contribution in [0.2, 0.25) is 0 Å². The lowest BCUT2D eigenvalue weighted by atomic mass is 9.63. The van der Waals surface area contributed by atoms with Crippen LogP contribution in [0.15, 0.2) is 0 Å². The molecule has 1 fully saturated rings. The maximum Gasteiger partial charge on any atom is 0.0856 e. The van der Waals surface area contributed by atoms with Crippen LogP contribution in [-0.4, -0.2) is 12.6 Å². The van der Waals surface area contributed by atoms with E-state index in [1.807, 2.05) is 0 Å². The first-order chi connectivity index (χ1) is 5.37. The van der Waals surface area contributed by atoms with E-state index in [9.17, 15) is 0 Å². The lowest BCUT2D eigenvalue weighted by Gasteiger charge is -2.42. The molecule has 0 bridgehead atoms. The molecule has 6 N–H and O–H groups in total. The van der Waals surface area contributed by atoms with Crippen LogP contribution in [0.25, 0.3) is 0 Å². The molecule has 0 radical (unpaired) electrons. The molecule has 0 amide bonds. The van der Waals surface area contributed by atoms with Gasteiger partial charge in [-0.3, -0.25) is 0 Å². The van der Waals surface area contributed by atoms with E-state index in [-0.39, 0.29) is 0 Å². The molecule has 12 heavy (non-hydrogen) atoms. The van der Waals surface area contributed by atoms with Gasteiger partial charge in [-0.25, -0.2) is 0 Å². The van der Waals surface area contributed by atoms with Gasteiger partial charge >= 0.3 is 0 Å². The third-order valence-corrected chi connectivity index (χ3v) is 3.13. The number of rotatable bonds is 1. The molecular weight excluding hydrogens is 148 g/mol. The van der Waals surface area contributed by atoms with Crippen LogP contribution in [0.5, 0.6) is 0 Å². The largest absolute Gasteiger partial charge is 0.357 e. The molecule has 1 aliphatic carbocycles. The highest BCUT2D eigenvalue weighted by Crippen LogP contribution is 2.43. The zero-order valence-corrected chi connectivity index (χ0v) is 8.82. The summed E-state index contributed by atoms with van der Waals surface area (Å²) in [5.41, 5.74) is 9.20. The minimum atomic E-state index is 0.453. The zero-order chi connectivity index (χ0) is 9.41. The van der Waals surface area contributed by atoms with Crippen LogP contribution in [-0.2, 0) is 0 Å². The van der Waals surface area contributed by atoms with Crippen molar-refractivity contribution >= 4 is 0 Å². The molecule has 2 atom stereocenters. The van der Waals surface area contributed by atoms with Crippen molar-refractivity contribution in [2.24, 2.45) is 10.8 Å². The standard InChI is InChI=1S/C10H22N2/c1-9(2)4-8(12)5-10(3,6-9)7-11/h8H,4-7,11-12H2,1-3H3/p+2/t8-,10+/m1/s1. The van der Waals surface area contributed by atoms with Gasteiger partial charge in [0, 0.05) is 18.3 Å². The Bertz CT molecular complexity index is 165. The van der Waals surface area contributed by atoms with Crippen molar-refractivity contribution < 1.29 is 11.5 Å². The molecule has 1 saturated carbocycles. The van der Waals surface area contributed by atoms with Crippen LogP contribution < -0.4 is 11.5 Å². The summed E-state index contributed by atoms with van der Waals surface area (Å²) < 4.78 is 0. The molecule has 0 spiro atoms. The van der Waals surface area contributed by atoms with E-state index in [4.69, 9.17) is 0 Å². The van der Waals surface area contributed by atoms with E-state index in [2.05, 4.69) is 32.2 Å². The fourth-order valence-corrected chi connectivity index (χ4v) is 3.04. The zero-order valence-electron chi connectivity index (χ0n) is 8.82. The van der Waals surface area contributed by atoms with Crippen molar-refractivity contribution in [3.8, 4) is 0 Å². The summed E-state index contributed by atoms with van der Waals surface area (Å²) in [7, 11) is 0. The molecule has 0 unspecified atom stereocenters. The highest BCUT2D eigenvalue weighted by atomic mass is 14.7. The van der Waals surface area contributed by atoms with Gasteiger partial charge in [0.05, 0.1) is 12.6 Å². The van der Waals surface area contributed by atoms with Crippen molar-refractivity contribution in [2.75, 3.05) is 6.54 Å². The molecule has 0 heterocycles. The summed E-state index contributed by atoms with van der Waals surface area (Å²) in [4.78, 5) is 0. The van der Waals surface area contributed by atoms with Crippen molar-refractivity contribution in [1.29, 1.82) is 0 Å². The maximum atomic E-state index is 4.21. The van der Waals surface area contributed by atoms with Crippen molar-refractivity contribution in [3.05, 3.63) is 0 Å². The summed E-state index contributed by atoms with van der Waals surface area (Å²) >= 11 is 0. The Balaban J connectivity index is 2.70. The lowest BCUT2D eigenvalue weighted by molar-refractivity contribution is -0.451. The van der Waals surface area contributed by atoms with Crippen LogP contribution in [0.4, 0.5) is 0 Å². The van der Waals surface area contributed by atoms with Crippen molar-refractivity contribution in [3.63, 3.8) is 0 Å². The third kappa shape index (κ3) is 2.20. The van der Waals surface area contributed by atoms with E-state index in [1.165, 1.54) is 19.3 Å². The second-order valence-corrected chi connectivity index (χ2v) is 5.68. The maximum absolute atomic E-state index is 4.21. The normalized spacial score (nSPS) is 41.2. The second kappa shape index (κ2) is 3.00. The average Bonchev–Trinajstić information content (AvgIpc) is 1.82. The topological polar surface area (TPSA) is 55.3 Å². The SMILES string of the molecule is CC1(C)C[C@@H]([NH3+])C[C@](C)(C[NH3+])C1. The second-order valence-electron chi connectivity index (χ2n) is 5.68. The van der Waals surface area contributed by atoms with Gasteiger partial charge in [0.2, 0.25) is 0 Å². The molecule has 2 heteroatoms. The number of hydrogen-bond acceptors (Lipinski definition) is 0. The van der Waals surface area contributed by atoms with E-state index in [0.717, 1.165) is 6.54 Å².